The van der Waals surface area contributed by atoms with E-state index in [4.69, 9.17) is 4.74 Å². The topological polar surface area (TPSA) is 41.6 Å². The van der Waals surface area contributed by atoms with Gasteiger partial charge in [0.1, 0.15) is 6.61 Å². The fraction of sp³-hybridized carbons (Fsp3) is 0.545. The Balaban J connectivity index is 2.20. The third-order valence-corrected chi connectivity index (χ3v) is 2.88. The van der Waals surface area contributed by atoms with Crippen LogP contribution in [0, 0.1) is 0 Å². The van der Waals surface area contributed by atoms with Crippen LogP contribution in [0.3, 0.4) is 0 Å². The quantitative estimate of drug-likeness (QED) is 0.724. The van der Waals surface area contributed by atoms with Gasteiger partial charge in [-0.2, -0.15) is 11.3 Å². The van der Waals surface area contributed by atoms with Crippen LogP contribution in [0.2, 0.25) is 0 Å². The highest BCUT2D eigenvalue weighted by Gasteiger charge is 2.09. The van der Waals surface area contributed by atoms with Crippen molar-refractivity contribution in [2.75, 3.05) is 33.9 Å². The van der Waals surface area contributed by atoms with E-state index >= 15 is 0 Å². The summed E-state index contributed by atoms with van der Waals surface area (Å²) in [5.41, 5.74) is 1.16. The maximum Gasteiger partial charge on any atom is 0.248 e. The average molecular weight is 242 g/mol. The summed E-state index contributed by atoms with van der Waals surface area (Å²) in [7, 11) is 3.65. The smallest absolute Gasteiger partial charge is 0.248 e. The molecule has 1 rings (SSSR count). The van der Waals surface area contributed by atoms with E-state index in [0.29, 0.717) is 13.2 Å². The van der Waals surface area contributed by atoms with Gasteiger partial charge in [-0.1, -0.05) is 0 Å². The molecule has 0 radical (unpaired) electrons. The lowest BCUT2D eigenvalue weighted by Crippen LogP contribution is -2.30. The molecule has 0 fully saturated rings. The molecule has 0 bridgehead atoms. The lowest BCUT2D eigenvalue weighted by atomic mass is 10.3. The minimum Gasteiger partial charge on any atom is -0.370 e. The monoisotopic (exact) mass is 242 g/mol. The van der Waals surface area contributed by atoms with Crippen molar-refractivity contribution in [1.82, 2.24) is 10.2 Å². The highest BCUT2D eigenvalue weighted by atomic mass is 32.1. The maximum absolute atomic E-state index is 11.6. The van der Waals surface area contributed by atoms with Crippen molar-refractivity contribution in [3.8, 4) is 0 Å². The summed E-state index contributed by atoms with van der Waals surface area (Å²) in [5.74, 6) is 0.0160. The second-order valence-corrected chi connectivity index (χ2v) is 4.32. The number of carbonyl (C=O) groups is 1. The van der Waals surface area contributed by atoms with Crippen molar-refractivity contribution in [3.05, 3.63) is 22.4 Å². The minimum atomic E-state index is 0.0160. The first-order chi connectivity index (χ1) is 7.74. The van der Waals surface area contributed by atoms with Gasteiger partial charge in [-0.25, -0.2) is 0 Å². The molecular weight excluding hydrogens is 224 g/mol. The Kier molecular flexibility index (Phi) is 6.07. The SMILES string of the molecule is CNCCOCC(=O)N(C)Cc1ccsc1. The molecule has 0 atom stereocenters. The van der Waals surface area contributed by atoms with E-state index in [1.165, 1.54) is 0 Å². The van der Waals surface area contributed by atoms with Crippen LogP contribution in [0.4, 0.5) is 0 Å². The van der Waals surface area contributed by atoms with E-state index in [1.807, 2.05) is 23.9 Å². The Morgan fingerprint density at radius 2 is 2.44 bits per heavy atom. The van der Waals surface area contributed by atoms with E-state index in [9.17, 15) is 4.79 Å². The summed E-state index contributed by atoms with van der Waals surface area (Å²) in [6, 6.07) is 2.02. The van der Waals surface area contributed by atoms with Crippen molar-refractivity contribution >= 4 is 17.2 Å². The molecule has 0 saturated carbocycles. The van der Waals surface area contributed by atoms with Gasteiger partial charge < -0.3 is 15.0 Å². The van der Waals surface area contributed by atoms with Crippen LogP contribution in [0.15, 0.2) is 16.8 Å². The Morgan fingerprint density at radius 1 is 1.62 bits per heavy atom. The van der Waals surface area contributed by atoms with Gasteiger partial charge in [0.05, 0.1) is 6.61 Å². The summed E-state index contributed by atoms with van der Waals surface area (Å²) in [4.78, 5) is 13.3. The highest BCUT2D eigenvalue weighted by molar-refractivity contribution is 7.07. The van der Waals surface area contributed by atoms with Gasteiger partial charge in [0.15, 0.2) is 0 Å². The number of hydrogen-bond acceptors (Lipinski definition) is 4. The van der Waals surface area contributed by atoms with Gasteiger partial charge in [0.2, 0.25) is 5.91 Å². The van der Waals surface area contributed by atoms with Crippen LogP contribution in [-0.4, -0.2) is 44.7 Å². The first-order valence-electron chi connectivity index (χ1n) is 5.21. The van der Waals surface area contributed by atoms with Crippen LogP contribution in [0.5, 0.6) is 0 Å². The maximum atomic E-state index is 11.6. The molecule has 16 heavy (non-hydrogen) atoms. The zero-order chi connectivity index (χ0) is 11.8. The average Bonchev–Trinajstić information content (AvgIpc) is 2.76. The number of carbonyl (C=O) groups excluding carboxylic acids is 1. The first-order valence-corrected chi connectivity index (χ1v) is 6.15. The molecule has 0 saturated heterocycles. The Morgan fingerprint density at radius 3 is 3.06 bits per heavy atom. The number of amides is 1. The lowest BCUT2D eigenvalue weighted by molar-refractivity contribution is -0.135. The van der Waals surface area contributed by atoms with Crippen LogP contribution in [0.25, 0.3) is 0 Å². The first kappa shape index (κ1) is 13.2. The van der Waals surface area contributed by atoms with E-state index in [1.54, 1.807) is 23.3 Å². The molecule has 1 aromatic heterocycles. The molecule has 4 nitrogen and oxygen atoms in total. The molecule has 1 N–H and O–H groups in total. The zero-order valence-corrected chi connectivity index (χ0v) is 10.5. The minimum absolute atomic E-state index is 0.0160. The Bertz CT molecular complexity index is 301. The summed E-state index contributed by atoms with van der Waals surface area (Å²) in [6.45, 7) is 2.14. The van der Waals surface area contributed by atoms with Gasteiger partial charge in [-0.3, -0.25) is 4.79 Å². The lowest BCUT2D eigenvalue weighted by Gasteiger charge is -2.16. The van der Waals surface area contributed by atoms with Crippen molar-refractivity contribution in [2.24, 2.45) is 0 Å². The van der Waals surface area contributed by atoms with E-state index < -0.39 is 0 Å². The van der Waals surface area contributed by atoms with Crippen LogP contribution in [0.1, 0.15) is 5.56 Å². The van der Waals surface area contributed by atoms with Crippen molar-refractivity contribution in [3.63, 3.8) is 0 Å². The Labute approximate surface area is 100 Å². The van der Waals surface area contributed by atoms with E-state index in [-0.39, 0.29) is 12.5 Å². The molecule has 1 amide bonds. The van der Waals surface area contributed by atoms with Gasteiger partial charge in [-0.05, 0) is 29.4 Å². The third kappa shape index (κ3) is 4.74. The summed E-state index contributed by atoms with van der Waals surface area (Å²) < 4.78 is 5.23. The number of nitrogens with zero attached hydrogens (tertiary/aromatic N) is 1. The molecule has 1 aromatic rings. The molecule has 90 valence electrons. The Hall–Kier alpha value is -0.910. The second-order valence-electron chi connectivity index (χ2n) is 3.54. The predicted molar refractivity (Wildman–Crippen MR) is 65.5 cm³/mol. The van der Waals surface area contributed by atoms with E-state index in [0.717, 1.165) is 12.1 Å². The predicted octanol–water partition coefficient (Wildman–Crippen LogP) is 0.943. The fourth-order valence-electron chi connectivity index (χ4n) is 1.19. The number of likely N-dealkylation sites (N-methyl/N-ethyl adjacent to an activating group) is 2. The number of hydrogen-bond donors (Lipinski definition) is 1. The molecule has 0 unspecified atom stereocenters. The molecule has 0 aliphatic heterocycles. The van der Waals surface area contributed by atoms with Gasteiger partial charge in [0.25, 0.3) is 0 Å². The molecule has 0 aliphatic carbocycles. The summed E-state index contributed by atoms with van der Waals surface area (Å²) >= 11 is 1.64. The van der Waals surface area contributed by atoms with Crippen molar-refractivity contribution in [2.45, 2.75) is 6.54 Å². The third-order valence-electron chi connectivity index (χ3n) is 2.15. The molecule has 1 heterocycles. The van der Waals surface area contributed by atoms with Gasteiger partial charge in [0, 0.05) is 20.1 Å². The standard InChI is InChI=1S/C11H18N2O2S/c1-12-4-5-15-8-11(14)13(2)7-10-3-6-16-9-10/h3,6,9,12H,4-5,7-8H2,1-2H3. The normalized spacial score (nSPS) is 10.4. The molecule has 0 aliphatic rings. The van der Waals surface area contributed by atoms with Crippen LogP contribution in [-0.2, 0) is 16.1 Å². The van der Waals surface area contributed by atoms with Gasteiger partial charge in [-0.15, -0.1) is 0 Å². The van der Waals surface area contributed by atoms with Crippen LogP contribution >= 0.6 is 11.3 Å². The summed E-state index contributed by atoms with van der Waals surface area (Å²) in [5, 5.41) is 7.02. The summed E-state index contributed by atoms with van der Waals surface area (Å²) in [6.07, 6.45) is 0. The number of nitrogens with one attached hydrogen (secondary N) is 1. The molecule has 0 aromatic carbocycles. The van der Waals surface area contributed by atoms with Crippen molar-refractivity contribution < 1.29 is 9.53 Å². The number of thiophene rings is 1. The number of ether oxygens (including phenoxy) is 1. The van der Waals surface area contributed by atoms with E-state index in [2.05, 4.69) is 5.32 Å². The zero-order valence-electron chi connectivity index (χ0n) is 9.73. The largest absolute Gasteiger partial charge is 0.370 e. The fourth-order valence-corrected chi connectivity index (χ4v) is 1.85. The van der Waals surface area contributed by atoms with Crippen molar-refractivity contribution in [1.29, 1.82) is 0 Å². The highest BCUT2D eigenvalue weighted by Crippen LogP contribution is 2.08. The molecular formula is C11H18N2O2S. The molecule has 0 spiro atoms. The molecule has 5 heteroatoms. The second kappa shape index (κ2) is 7.38. The van der Waals surface area contributed by atoms with Crippen LogP contribution < -0.4 is 5.32 Å². The van der Waals surface area contributed by atoms with Gasteiger partial charge >= 0.3 is 0 Å². The number of rotatable bonds is 7.